The first-order valence-electron chi connectivity index (χ1n) is 6.30. The van der Waals surface area contributed by atoms with E-state index in [1.807, 2.05) is 0 Å². The Kier molecular flexibility index (Phi) is 3.53. The smallest absolute Gasteiger partial charge is 0.202 e. The van der Waals surface area contributed by atoms with Gasteiger partial charge in [-0.25, -0.2) is 0 Å². The molecule has 1 heterocycles. The SMILES string of the molecule is Oc1c2c(c(O)n1-c1cc(Cl)c(Cl)c(Cl)c1)CCCC2. The summed E-state index contributed by atoms with van der Waals surface area (Å²) < 4.78 is 1.37. The molecular weight excluding hydrogens is 321 g/mol. The van der Waals surface area contributed by atoms with Crippen LogP contribution in [0.2, 0.25) is 15.1 Å². The van der Waals surface area contributed by atoms with Gasteiger partial charge in [0.1, 0.15) is 0 Å². The molecule has 20 heavy (non-hydrogen) atoms. The zero-order valence-corrected chi connectivity index (χ0v) is 12.7. The van der Waals surface area contributed by atoms with Crippen molar-refractivity contribution >= 4 is 34.8 Å². The highest BCUT2D eigenvalue weighted by Gasteiger charge is 2.25. The maximum absolute atomic E-state index is 10.3. The van der Waals surface area contributed by atoms with Gasteiger partial charge in [-0.15, -0.1) is 0 Å². The standard InChI is InChI=1S/C14H12Cl3NO2/c15-10-5-7(6-11(16)12(10)17)18-13(19)8-3-1-2-4-9(8)14(18)20/h5-6,19-20H,1-4H2. The largest absolute Gasteiger partial charge is 0.494 e. The van der Waals surface area contributed by atoms with E-state index >= 15 is 0 Å². The van der Waals surface area contributed by atoms with E-state index in [1.165, 1.54) is 4.57 Å². The fourth-order valence-corrected chi connectivity index (χ4v) is 3.27. The van der Waals surface area contributed by atoms with Crippen LogP contribution in [-0.4, -0.2) is 14.8 Å². The highest BCUT2D eigenvalue weighted by Crippen LogP contribution is 2.42. The molecule has 0 radical (unpaired) electrons. The fraction of sp³-hybridized carbons (Fsp3) is 0.286. The summed E-state index contributed by atoms with van der Waals surface area (Å²) in [5.41, 5.74) is 2.10. The number of fused-ring (bicyclic) bond motifs is 1. The summed E-state index contributed by atoms with van der Waals surface area (Å²) in [6, 6.07) is 3.14. The summed E-state index contributed by atoms with van der Waals surface area (Å²) in [6.45, 7) is 0. The maximum Gasteiger partial charge on any atom is 0.202 e. The number of aromatic nitrogens is 1. The molecule has 1 aromatic carbocycles. The lowest BCUT2D eigenvalue weighted by Crippen LogP contribution is -1.98. The number of rotatable bonds is 1. The Morgan fingerprint density at radius 3 is 1.75 bits per heavy atom. The molecule has 0 unspecified atom stereocenters. The van der Waals surface area contributed by atoms with Crippen LogP contribution in [-0.2, 0) is 12.8 Å². The summed E-state index contributed by atoms with van der Waals surface area (Å²) in [5, 5.41) is 21.5. The van der Waals surface area contributed by atoms with E-state index in [0.717, 1.165) is 36.8 Å². The van der Waals surface area contributed by atoms with Crippen LogP contribution in [0.25, 0.3) is 5.69 Å². The van der Waals surface area contributed by atoms with Crippen molar-refractivity contribution in [3.8, 4) is 17.4 Å². The molecule has 1 aliphatic carbocycles. The molecule has 3 rings (SSSR count). The zero-order valence-electron chi connectivity index (χ0n) is 10.5. The molecule has 3 nitrogen and oxygen atoms in total. The normalized spacial score (nSPS) is 14.3. The Bertz CT molecular complexity index is 642. The highest BCUT2D eigenvalue weighted by molar-refractivity contribution is 6.48. The van der Waals surface area contributed by atoms with Crippen LogP contribution in [0.5, 0.6) is 11.8 Å². The van der Waals surface area contributed by atoms with Gasteiger partial charge in [-0.2, -0.15) is 0 Å². The van der Waals surface area contributed by atoms with E-state index in [9.17, 15) is 10.2 Å². The van der Waals surface area contributed by atoms with Gasteiger partial charge in [-0.05, 0) is 37.8 Å². The van der Waals surface area contributed by atoms with Crippen molar-refractivity contribution in [1.82, 2.24) is 4.57 Å². The van der Waals surface area contributed by atoms with Crippen molar-refractivity contribution in [2.75, 3.05) is 0 Å². The second-order valence-corrected chi connectivity index (χ2v) is 6.06. The zero-order chi connectivity index (χ0) is 14.4. The lowest BCUT2D eigenvalue weighted by Gasteiger charge is -2.09. The van der Waals surface area contributed by atoms with Crippen molar-refractivity contribution in [1.29, 1.82) is 0 Å². The molecule has 106 valence electrons. The molecule has 0 spiro atoms. The summed E-state index contributed by atoms with van der Waals surface area (Å²) in [6.07, 6.45) is 3.53. The number of nitrogens with zero attached hydrogens (tertiary/aromatic N) is 1. The molecule has 2 N–H and O–H groups in total. The lowest BCUT2D eigenvalue weighted by molar-refractivity contribution is 0.399. The first kappa shape index (κ1) is 13.9. The van der Waals surface area contributed by atoms with Gasteiger partial charge in [0.05, 0.1) is 20.8 Å². The predicted octanol–water partition coefficient (Wildman–Crippen LogP) is 4.73. The third-order valence-corrected chi connectivity index (χ3v) is 4.85. The second-order valence-electron chi connectivity index (χ2n) is 4.87. The molecule has 0 aliphatic heterocycles. The van der Waals surface area contributed by atoms with Gasteiger partial charge in [0, 0.05) is 11.1 Å². The monoisotopic (exact) mass is 331 g/mol. The van der Waals surface area contributed by atoms with Crippen molar-refractivity contribution in [3.63, 3.8) is 0 Å². The van der Waals surface area contributed by atoms with Gasteiger partial charge in [-0.3, -0.25) is 4.57 Å². The van der Waals surface area contributed by atoms with Crippen LogP contribution in [0.4, 0.5) is 0 Å². The maximum atomic E-state index is 10.3. The average Bonchev–Trinajstić information content (AvgIpc) is 2.68. The molecule has 1 aliphatic rings. The Hall–Kier alpha value is -1.03. The molecule has 0 saturated carbocycles. The van der Waals surface area contributed by atoms with E-state index in [-0.39, 0.29) is 26.8 Å². The quantitative estimate of drug-likeness (QED) is 0.742. The molecule has 2 aromatic rings. The molecule has 0 amide bonds. The minimum Gasteiger partial charge on any atom is -0.494 e. The number of halogens is 3. The summed E-state index contributed by atoms with van der Waals surface area (Å²) in [4.78, 5) is 0. The molecule has 0 bridgehead atoms. The number of aromatic hydroxyl groups is 2. The first-order chi connectivity index (χ1) is 9.50. The Balaban J connectivity index is 2.23. The lowest BCUT2D eigenvalue weighted by atomic mass is 9.95. The summed E-state index contributed by atoms with van der Waals surface area (Å²) in [7, 11) is 0. The van der Waals surface area contributed by atoms with Crippen LogP contribution in [0.3, 0.4) is 0 Å². The van der Waals surface area contributed by atoms with Gasteiger partial charge < -0.3 is 10.2 Å². The van der Waals surface area contributed by atoms with Crippen molar-refractivity contribution in [3.05, 3.63) is 38.3 Å². The van der Waals surface area contributed by atoms with Crippen molar-refractivity contribution in [2.24, 2.45) is 0 Å². The number of hydrogen-bond donors (Lipinski definition) is 2. The molecule has 0 atom stereocenters. The Morgan fingerprint density at radius 1 is 0.850 bits per heavy atom. The van der Waals surface area contributed by atoms with Crippen molar-refractivity contribution in [2.45, 2.75) is 25.7 Å². The summed E-state index contributed by atoms with van der Waals surface area (Å²) >= 11 is 17.9. The van der Waals surface area contributed by atoms with Crippen LogP contribution >= 0.6 is 34.8 Å². The molecule has 0 saturated heterocycles. The van der Waals surface area contributed by atoms with Gasteiger partial charge in [-0.1, -0.05) is 34.8 Å². The summed E-state index contributed by atoms with van der Waals surface area (Å²) in [5.74, 6) is 0.0957. The van der Waals surface area contributed by atoms with Crippen LogP contribution in [0.1, 0.15) is 24.0 Å². The minimum absolute atomic E-state index is 0.0478. The van der Waals surface area contributed by atoms with Gasteiger partial charge in [0.15, 0.2) is 0 Å². The molecular formula is C14H12Cl3NO2. The van der Waals surface area contributed by atoms with Crippen molar-refractivity contribution < 1.29 is 10.2 Å². The third kappa shape index (κ3) is 2.05. The molecule has 1 aromatic heterocycles. The van der Waals surface area contributed by atoms with E-state index in [1.54, 1.807) is 12.1 Å². The second kappa shape index (κ2) is 5.06. The van der Waals surface area contributed by atoms with Crippen LogP contribution < -0.4 is 0 Å². The van der Waals surface area contributed by atoms with E-state index in [0.29, 0.717) is 5.69 Å². The topological polar surface area (TPSA) is 45.4 Å². The number of benzene rings is 1. The molecule has 0 fully saturated rings. The van der Waals surface area contributed by atoms with Gasteiger partial charge in [0.25, 0.3) is 0 Å². The van der Waals surface area contributed by atoms with Crippen LogP contribution in [0, 0.1) is 0 Å². The van der Waals surface area contributed by atoms with Crippen LogP contribution in [0.15, 0.2) is 12.1 Å². The van der Waals surface area contributed by atoms with E-state index in [4.69, 9.17) is 34.8 Å². The molecule has 6 heteroatoms. The van der Waals surface area contributed by atoms with Gasteiger partial charge >= 0.3 is 0 Å². The highest BCUT2D eigenvalue weighted by atomic mass is 35.5. The fourth-order valence-electron chi connectivity index (χ4n) is 2.68. The first-order valence-corrected chi connectivity index (χ1v) is 7.43. The third-order valence-electron chi connectivity index (χ3n) is 3.66. The van der Waals surface area contributed by atoms with Gasteiger partial charge in [0.2, 0.25) is 11.8 Å². The minimum atomic E-state index is 0.0478. The number of hydrogen-bond acceptors (Lipinski definition) is 2. The Morgan fingerprint density at radius 2 is 1.30 bits per heavy atom. The average molecular weight is 333 g/mol. The predicted molar refractivity (Wildman–Crippen MR) is 80.8 cm³/mol. The Labute approximate surface area is 131 Å². The van der Waals surface area contributed by atoms with E-state index < -0.39 is 0 Å². The van der Waals surface area contributed by atoms with E-state index in [2.05, 4.69) is 0 Å².